The second kappa shape index (κ2) is 5.39. The first kappa shape index (κ1) is 15.4. The minimum Gasteiger partial charge on any atom is -0.452 e. The summed E-state index contributed by atoms with van der Waals surface area (Å²) in [6.45, 7) is 5.26. The van der Waals surface area contributed by atoms with Crippen molar-refractivity contribution in [3.63, 3.8) is 0 Å². The van der Waals surface area contributed by atoms with Crippen LogP contribution in [0.4, 0.5) is 0 Å². The van der Waals surface area contributed by atoms with Gasteiger partial charge in [-0.2, -0.15) is 4.31 Å². The predicted molar refractivity (Wildman–Crippen MR) is 77.7 cm³/mol. The molecule has 0 bridgehead atoms. The number of piperidine rings is 1. The van der Waals surface area contributed by atoms with E-state index >= 15 is 0 Å². The average Bonchev–Trinajstić information content (AvgIpc) is 2.70. The van der Waals surface area contributed by atoms with Crippen LogP contribution < -0.4 is 0 Å². The monoisotopic (exact) mass is 369 g/mol. The largest absolute Gasteiger partial charge is 0.452 e. The van der Waals surface area contributed by atoms with Gasteiger partial charge in [0.2, 0.25) is 10.0 Å². The van der Waals surface area contributed by atoms with Crippen LogP contribution in [0.15, 0.2) is 20.0 Å². The molecule has 1 aliphatic heterocycles. The summed E-state index contributed by atoms with van der Waals surface area (Å²) >= 11 is 8.83. The van der Waals surface area contributed by atoms with Gasteiger partial charge >= 0.3 is 0 Å². The van der Waals surface area contributed by atoms with Gasteiger partial charge in [0.25, 0.3) is 0 Å². The van der Waals surface area contributed by atoms with Crippen molar-refractivity contribution in [2.45, 2.75) is 37.5 Å². The van der Waals surface area contributed by atoms with Crippen molar-refractivity contribution in [3.05, 3.63) is 16.5 Å². The van der Waals surface area contributed by atoms with Crippen molar-refractivity contribution in [2.24, 2.45) is 5.41 Å². The lowest BCUT2D eigenvalue weighted by atomic mass is 9.85. The fourth-order valence-corrected chi connectivity index (χ4v) is 5.11. The molecule has 1 aliphatic rings. The van der Waals surface area contributed by atoms with Crippen LogP contribution in [0.2, 0.25) is 0 Å². The Kier molecular flexibility index (Phi) is 4.35. The van der Waals surface area contributed by atoms with Gasteiger partial charge in [-0.25, -0.2) is 8.42 Å². The summed E-state index contributed by atoms with van der Waals surface area (Å²) in [6.07, 6.45) is 1.92. The van der Waals surface area contributed by atoms with Crippen LogP contribution in [0.5, 0.6) is 0 Å². The Morgan fingerprint density at radius 2 is 2.21 bits per heavy atom. The maximum atomic E-state index is 12.6. The Morgan fingerprint density at radius 1 is 1.53 bits per heavy atom. The molecule has 0 aromatic carbocycles. The van der Waals surface area contributed by atoms with E-state index in [0.29, 0.717) is 18.8 Å². The van der Waals surface area contributed by atoms with E-state index in [2.05, 4.69) is 29.8 Å². The molecule has 1 aromatic heterocycles. The second-order valence-corrected chi connectivity index (χ2v) is 8.48. The zero-order valence-electron chi connectivity index (χ0n) is 10.9. The van der Waals surface area contributed by atoms with Crippen molar-refractivity contribution in [1.82, 2.24) is 4.31 Å². The van der Waals surface area contributed by atoms with E-state index < -0.39 is 10.0 Å². The van der Waals surface area contributed by atoms with Crippen LogP contribution in [0.25, 0.3) is 0 Å². The van der Waals surface area contributed by atoms with Crippen LogP contribution >= 0.6 is 27.5 Å². The summed E-state index contributed by atoms with van der Waals surface area (Å²) in [5, 5.41) is 0. The second-order valence-electron chi connectivity index (χ2n) is 5.59. The van der Waals surface area contributed by atoms with Crippen LogP contribution in [0.3, 0.4) is 0 Å². The van der Waals surface area contributed by atoms with Gasteiger partial charge in [0.1, 0.15) is 10.7 Å². The number of halogens is 2. The van der Waals surface area contributed by atoms with Crippen molar-refractivity contribution in [1.29, 1.82) is 0 Å². The third-order valence-corrected chi connectivity index (χ3v) is 6.29. The lowest BCUT2D eigenvalue weighted by Crippen LogP contribution is -2.43. The Hall–Kier alpha value is -0.0400. The summed E-state index contributed by atoms with van der Waals surface area (Å²) in [4.78, 5) is 0.167. The molecular weight excluding hydrogens is 354 g/mol. The van der Waals surface area contributed by atoms with Crippen LogP contribution in [-0.4, -0.2) is 25.8 Å². The number of rotatable bonds is 3. The summed E-state index contributed by atoms with van der Waals surface area (Å²) in [7, 11) is -3.52. The maximum absolute atomic E-state index is 12.6. The van der Waals surface area contributed by atoms with E-state index in [0.717, 1.165) is 12.8 Å². The van der Waals surface area contributed by atoms with Gasteiger partial charge in [-0.3, -0.25) is 0 Å². The summed E-state index contributed by atoms with van der Waals surface area (Å²) in [5.41, 5.74) is 0.0108. The highest BCUT2D eigenvalue weighted by Crippen LogP contribution is 2.35. The molecule has 108 valence electrons. The zero-order chi connectivity index (χ0) is 14.3. The first-order valence-electron chi connectivity index (χ1n) is 6.10. The minimum atomic E-state index is -3.52. The smallest absolute Gasteiger partial charge is 0.247 e. The van der Waals surface area contributed by atoms with Crippen LogP contribution in [0, 0.1) is 5.41 Å². The molecule has 0 atom stereocenters. The third kappa shape index (κ3) is 3.17. The number of furan rings is 1. The van der Waals surface area contributed by atoms with Gasteiger partial charge in [0.05, 0.1) is 5.88 Å². The van der Waals surface area contributed by atoms with E-state index in [-0.39, 0.29) is 20.9 Å². The normalized spacial score (nSPS) is 20.6. The quantitative estimate of drug-likeness (QED) is 0.764. The number of alkyl halides is 1. The molecule has 0 N–H and O–H groups in total. The van der Waals surface area contributed by atoms with E-state index in [1.54, 1.807) is 0 Å². The molecule has 1 fully saturated rings. The molecule has 2 heterocycles. The number of nitrogens with zero attached hydrogens (tertiary/aromatic N) is 1. The highest BCUT2D eigenvalue weighted by atomic mass is 79.9. The van der Waals surface area contributed by atoms with Crippen molar-refractivity contribution in [3.8, 4) is 0 Å². The molecule has 7 heteroatoms. The zero-order valence-corrected chi connectivity index (χ0v) is 14.1. The van der Waals surface area contributed by atoms with Crippen molar-refractivity contribution >= 4 is 37.6 Å². The molecule has 0 aliphatic carbocycles. The molecule has 0 radical (unpaired) electrons. The highest BCUT2D eigenvalue weighted by Gasteiger charge is 2.36. The summed E-state index contributed by atoms with van der Waals surface area (Å²) in [6, 6.07) is 1.49. The Bertz CT molecular complexity index is 568. The van der Waals surface area contributed by atoms with Crippen LogP contribution in [-0.2, 0) is 15.9 Å². The summed E-state index contributed by atoms with van der Waals surface area (Å²) in [5.74, 6) is 0.600. The molecule has 0 saturated carbocycles. The fraction of sp³-hybridized carbons (Fsp3) is 0.667. The molecule has 19 heavy (non-hydrogen) atoms. The standard InChI is InChI=1S/C12H17BrClNO3S/c1-12(2)4-3-5-15(8-12)19(16,17)10-6-9(7-14)18-11(10)13/h6H,3-5,7-8H2,1-2H3. The lowest BCUT2D eigenvalue weighted by Gasteiger charge is -2.36. The Labute approximate surface area is 127 Å². The lowest BCUT2D eigenvalue weighted by molar-refractivity contribution is 0.187. The van der Waals surface area contributed by atoms with Gasteiger partial charge in [0.15, 0.2) is 4.67 Å². The SMILES string of the molecule is CC1(C)CCCN(S(=O)(=O)c2cc(CCl)oc2Br)C1. The van der Waals surface area contributed by atoms with Gasteiger partial charge in [-0.05, 0) is 34.2 Å². The maximum Gasteiger partial charge on any atom is 0.247 e. The predicted octanol–water partition coefficient (Wildman–Crippen LogP) is 3.59. The molecule has 0 amide bonds. The van der Waals surface area contributed by atoms with Crippen LogP contribution in [0.1, 0.15) is 32.4 Å². The number of sulfonamides is 1. The molecule has 4 nitrogen and oxygen atoms in total. The molecule has 1 aromatic rings. The van der Waals surface area contributed by atoms with E-state index in [9.17, 15) is 8.42 Å². The molecule has 2 rings (SSSR count). The van der Waals surface area contributed by atoms with Crippen molar-refractivity contribution in [2.75, 3.05) is 13.1 Å². The summed E-state index contributed by atoms with van der Waals surface area (Å²) < 4.78 is 32.3. The van der Waals surface area contributed by atoms with Gasteiger partial charge in [0, 0.05) is 19.2 Å². The number of hydrogen-bond acceptors (Lipinski definition) is 3. The Balaban J connectivity index is 2.34. The molecule has 0 spiro atoms. The van der Waals surface area contributed by atoms with E-state index in [4.69, 9.17) is 16.0 Å². The highest BCUT2D eigenvalue weighted by molar-refractivity contribution is 9.10. The Morgan fingerprint density at radius 3 is 2.74 bits per heavy atom. The van der Waals surface area contributed by atoms with Gasteiger partial charge in [-0.15, -0.1) is 11.6 Å². The van der Waals surface area contributed by atoms with E-state index in [1.165, 1.54) is 10.4 Å². The third-order valence-electron chi connectivity index (χ3n) is 3.32. The molecule has 0 unspecified atom stereocenters. The van der Waals surface area contributed by atoms with Crippen molar-refractivity contribution < 1.29 is 12.8 Å². The molecule has 1 saturated heterocycles. The number of hydrogen-bond donors (Lipinski definition) is 0. The first-order chi connectivity index (χ1) is 8.76. The molecular formula is C12H17BrClNO3S. The topological polar surface area (TPSA) is 50.5 Å². The average molecular weight is 371 g/mol. The first-order valence-corrected chi connectivity index (χ1v) is 8.87. The fourth-order valence-electron chi connectivity index (χ4n) is 2.35. The minimum absolute atomic E-state index is 0.0108. The van der Waals surface area contributed by atoms with Gasteiger partial charge in [-0.1, -0.05) is 13.8 Å². The van der Waals surface area contributed by atoms with Gasteiger partial charge < -0.3 is 4.42 Å². The van der Waals surface area contributed by atoms with E-state index in [1.807, 2.05) is 0 Å².